The average Bonchev–Trinajstić information content (AvgIpc) is 3.14. The summed E-state index contributed by atoms with van der Waals surface area (Å²) < 4.78 is 48.4. The molecule has 12 heteroatoms. The Morgan fingerprint density at radius 1 is 1.28 bits per heavy atom. The molecule has 172 valence electrons. The predicted octanol–water partition coefficient (Wildman–Crippen LogP) is 1.86. The van der Waals surface area contributed by atoms with Crippen LogP contribution in [0.5, 0.6) is 5.88 Å². The maximum absolute atomic E-state index is 12.5. The highest BCUT2D eigenvalue weighted by Gasteiger charge is 2.29. The second-order valence-corrected chi connectivity index (χ2v) is 6.88. The van der Waals surface area contributed by atoms with Gasteiger partial charge in [0.2, 0.25) is 5.88 Å². The number of alkyl halides is 3. The van der Waals surface area contributed by atoms with Crippen molar-refractivity contribution < 1.29 is 32.5 Å². The number of hydrogen-bond acceptors (Lipinski definition) is 7. The summed E-state index contributed by atoms with van der Waals surface area (Å²) in [5.41, 5.74) is 1.95. The van der Waals surface area contributed by atoms with Crippen molar-refractivity contribution >= 4 is 16.8 Å². The summed E-state index contributed by atoms with van der Waals surface area (Å²) in [6.45, 7) is 1.12. The summed E-state index contributed by atoms with van der Waals surface area (Å²) >= 11 is 0. The normalized spacial score (nSPS) is 11.7. The Morgan fingerprint density at radius 3 is 2.81 bits per heavy atom. The van der Waals surface area contributed by atoms with Crippen LogP contribution in [-0.4, -0.2) is 69.9 Å². The second kappa shape index (κ2) is 10.4. The van der Waals surface area contributed by atoms with Crippen LogP contribution in [0.15, 0.2) is 30.7 Å². The lowest BCUT2D eigenvalue weighted by Crippen LogP contribution is -2.28. The third-order valence-electron chi connectivity index (χ3n) is 4.27. The molecule has 3 heterocycles. The Bertz CT molecular complexity index is 1070. The van der Waals surface area contributed by atoms with E-state index >= 15 is 0 Å². The van der Waals surface area contributed by atoms with E-state index in [0.717, 1.165) is 0 Å². The number of amides is 1. The number of carbonyl (C=O) groups excluding carboxylic acids is 1. The van der Waals surface area contributed by atoms with Crippen LogP contribution >= 0.6 is 0 Å². The summed E-state index contributed by atoms with van der Waals surface area (Å²) in [6, 6.07) is 3.34. The Morgan fingerprint density at radius 2 is 2.09 bits per heavy atom. The topological polar surface area (TPSA) is 111 Å². The van der Waals surface area contributed by atoms with Crippen molar-refractivity contribution in [2.24, 2.45) is 0 Å². The largest absolute Gasteiger partial charge is 0.468 e. The smallest absolute Gasteiger partial charge is 0.422 e. The highest BCUT2D eigenvalue weighted by atomic mass is 19.4. The third kappa shape index (κ3) is 6.37. The van der Waals surface area contributed by atoms with Crippen molar-refractivity contribution in [2.45, 2.75) is 19.6 Å². The highest BCUT2D eigenvalue weighted by molar-refractivity contribution is 6.04. The molecular weight excluding hydrogens is 431 g/mol. The fraction of sp³-hybridized carbons (Fsp3) is 0.400. The molecule has 0 spiro atoms. The van der Waals surface area contributed by atoms with Gasteiger partial charge in [-0.2, -0.15) is 18.3 Å². The molecule has 0 fully saturated rings. The van der Waals surface area contributed by atoms with Crippen LogP contribution in [0.1, 0.15) is 21.6 Å². The van der Waals surface area contributed by atoms with Crippen molar-refractivity contribution in [3.8, 4) is 5.88 Å². The first-order valence-corrected chi connectivity index (χ1v) is 9.71. The number of hydrogen-bond donors (Lipinski definition) is 2. The van der Waals surface area contributed by atoms with Gasteiger partial charge >= 0.3 is 6.18 Å². The van der Waals surface area contributed by atoms with Crippen LogP contribution in [0.4, 0.5) is 13.2 Å². The molecule has 3 aromatic heterocycles. The molecule has 0 aliphatic heterocycles. The Balaban J connectivity index is 1.69. The molecule has 0 radical (unpaired) electrons. The molecule has 0 bridgehead atoms. The Hall–Kier alpha value is -3.25. The molecule has 0 atom stereocenters. The lowest BCUT2D eigenvalue weighted by molar-refractivity contribution is -0.154. The zero-order valence-electron chi connectivity index (χ0n) is 17.2. The first-order valence-electron chi connectivity index (χ1n) is 9.71. The summed E-state index contributed by atoms with van der Waals surface area (Å²) in [4.78, 5) is 20.6. The number of nitrogens with zero attached hydrogens (tertiary/aromatic N) is 4. The first-order chi connectivity index (χ1) is 15.3. The van der Waals surface area contributed by atoms with Crippen LogP contribution < -0.4 is 10.1 Å². The fourth-order valence-electron chi connectivity index (χ4n) is 2.94. The third-order valence-corrected chi connectivity index (χ3v) is 4.27. The number of ether oxygens (including phenoxy) is 2. The van der Waals surface area contributed by atoms with E-state index in [1.807, 2.05) is 0 Å². The zero-order valence-corrected chi connectivity index (χ0v) is 17.2. The van der Waals surface area contributed by atoms with E-state index in [2.05, 4.69) is 20.4 Å². The van der Waals surface area contributed by atoms with Gasteiger partial charge in [0, 0.05) is 30.7 Å². The van der Waals surface area contributed by atoms with Gasteiger partial charge in [-0.1, -0.05) is 0 Å². The summed E-state index contributed by atoms with van der Waals surface area (Å²) in [5.74, 6) is -0.464. The molecule has 3 aromatic rings. The van der Waals surface area contributed by atoms with Crippen molar-refractivity contribution in [1.29, 1.82) is 0 Å². The van der Waals surface area contributed by atoms with E-state index in [1.54, 1.807) is 29.9 Å². The molecule has 0 saturated carbocycles. The van der Waals surface area contributed by atoms with Gasteiger partial charge in [-0.3, -0.25) is 14.5 Å². The van der Waals surface area contributed by atoms with Crippen LogP contribution in [0, 0.1) is 6.92 Å². The molecule has 1 amide bonds. The van der Waals surface area contributed by atoms with E-state index < -0.39 is 12.8 Å². The van der Waals surface area contributed by atoms with Gasteiger partial charge in [-0.15, -0.1) is 0 Å². The molecule has 32 heavy (non-hydrogen) atoms. The SMILES string of the molecule is Cc1cc(Cn2cc3c(C(=O)NCCOCCO)nccc3n2)cnc1OCC(F)(F)F. The molecule has 0 aliphatic rings. The second-order valence-electron chi connectivity index (χ2n) is 6.88. The minimum absolute atomic E-state index is 0.0807. The minimum atomic E-state index is -4.44. The van der Waals surface area contributed by atoms with Gasteiger partial charge in [0.15, 0.2) is 6.61 Å². The number of aryl methyl sites for hydroxylation is 1. The molecule has 0 aromatic carbocycles. The first kappa shape index (κ1) is 23.4. The van der Waals surface area contributed by atoms with E-state index in [0.29, 0.717) is 22.0 Å². The number of pyridine rings is 2. The molecule has 0 unspecified atom stereocenters. The number of aromatic nitrogens is 4. The molecule has 9 nitrogen and oxygen atoms in total. The van der Waals surface area contributed by atoms with E-state index in [9.17, 15) is 18.0 Å². The molecule has 2 N–H and O–H groups in total. The van der Waals surface area contributed by atoms with E-state index in [1.165, 1.54) is 12.4 Å². The fourth-order valence-corrected chi connectivity index (χ4v) is 2.94. The average molecular weight is 453 g/mol. The summed E-state index contributed by atoms with van der Waals surface area (Å²) in [6.07, 6.45) is 0.133. The number of aliphatic hydroxyl groups is 1. The summed E-state index contributed by atoms with van der Waals surface area (Å²) in [5, 5.41) is 16.4. The van der Waals surface area contributed by atoms with Gasteiger partial charge in [-0.25, -0.2) is 4.98 Å². The van der Waals surface area contributed by atoms with Gasteiger partial charge in [0.25, 0.3) is 5.91 Å². The molecule has 0 aliphatic carbocycles. The van der Waals surface area contributed by atoms with E-state index in [-0.39, 0.29) is 50.4 Å². The van der Waals surface area contributed by atoms with Crippen molar-refractivity contribution in [3.05, 3.63) is 47.5 Å². The lowest BCUT2D eigenvalue weighted by Gasteiger charge is -2.11. The van der Waals surface area contributed by atoms with Gasteiger partial charge in [-0.05, 0) is 24.6 Å². The predicted molar refractivity (Wildman–Crippen MR) is 107 cm³/mol. The Kier molecular flexibility index (Phi) is 7.59. The number of halogens is 3. The van der Waals surface area contributed by atoms with Crippen LogP contribution in [0.2, 0.25) is 0 Å². The zero-order chi connectivity index (χ0) is 23.1. The summed E-state index contributed by atoms with van der Waals surface area (Å²) in [7, 11) is 0. The number of carbonyl (C=O) groups is 1. The number of aliphatic hydroxyl groups excluding tert-OH is 1. The van der Waals surface area contributed by atoms with Crippen LogP contribution in [0.25, 0.3) is 10.9 Å². The maximum atomic E-state index is 12.5. The van der Waals surface area contributed by atoms with Gasteiger partial charge in [0.05, 0.1) is 37.3 Å². The lowest BCUT2D eigenvalue weighted by atomic mass is 10.2. The maximum Gasteiger partial charge on any atom is 0.422 e. The minimum Gasteiger partial charge on any atom is -0.468 e. The van der Waals surface area contributed by atoms with E-state index in [4.69, 9.17) is 14.6 Å². The van der Waals surface area contributed by atoms with Crippen LogP contribution in [-0.2, 0) is 11.3 Å². The molecule has 0 saturated heterocycles. The number of rotatable bonds is 10. The molecule has 3 rings (SSSR count). The number of fused-ring (bicyclic) bond motifs is 1. The van der Waals surface area contributed by atoms with Crippen molar-refractivity contribution in [1.82, 2.24) is 25.1 Å². The highest BCUT2D eigenvalue weighted by Crippen LogP contribution is 2.21. The molecular formula is C20H22F3N5O4. The quantitative estimate of drug-likeness (QED) is 0.451. The number of nitrogens with one attached hydrogen (secondary N) is 1. The standard InChI is InChI=1S/C20H22F3N5O4/c1-13-8-14(9-26-19(13)32-12-20(21,22)23)10-28-11-15-16(27-28)2-3-24-17(15)18(30)25-4-6-31-7-5-29/h2-3,8-9,11,29H,4-7,10,12H2,1H3,(H,25,30). The van der Waals surface area contributed by atoms with Gasteiger partial charge < -0.3 is 19.9 Å². The van der Waals surface area contributed by atoms with Crippen molar-refractivity contribution in [3.63, 3.8) is 0 Å². The van der Waals surface area contributed by atoms with Crippen LogP contribution in [0.3, 0.4) is 0 Å². The monoisotopic (exact) mass is 453 g/mol. The van der Waals surface area contributed by atoms with Crippen molar-refractivity contribution in [2.75, 3.05) is 33.0 Å². The Labute approximate surface area is 181 Å². The van der Waals surface area contributed by atoms with Gasteiger partial charge in [0.1, 0.15) is 5.69 Å².